The zero-order valence-corrected chi connectivity index (χ0v) is 14.3. The molecule has 1 aromatic heterocycles. The molecule has 1 aliphatic heterocycles. The van der Waals surface area contributed by atoms with Gasteiger partial charge in [-0.1, -0.05) is 16.8 Å². The molecule has 1 amide bonds. The summed E-state index contributed by atoms with van der Waals surface area (Å²) in [5, 5.41) is 3.30. The third-order valence-corrected chi connectivity index (χ3v) is 4.15. The molecule has 0 atom stereocenters. The van der Waals surface area contributed by atoms with Crippen molar-refractivity contribution in [3.8, 4) is 0 Å². The van der Waals surface area contributed by atoms with Crippen molar-refractivity contribution in [1.29, 1.82) is 0 Å². The quantitative estimate of drug-likeness (QED) is 0.860. The van der Waals surface area contributed by atoms with E-state index < -0.39 is 16.8 Å². The Kier molecular flexibility index (Phi) is 5.53. The Morgan fingerprint density at radius 2 is 2.04 bits per heavy atom. The molecule has 1 aromatic carbocycles. The van der Waals surface area contributed by atoms with Gasteiger partial charge < -0.3 is 15.2 Å². The third-order valence-electron chi connectivity index (χ3n) is 3.84. The zero-order valence-electron chi connectivity index (χ0n) is 12.7. The van der Waals surface area contributed by atoms with E-state index in [-0.39, 0.29) is 35.7 Å². The first kappa shape index (κ1) is 19.4. The predicted octanol–water partition coefficient (Wildman–Crippen LogP) is 3.67. The van der Waals surface area contributed by atoms with Crippen molar-refractivity contribution in [1.82, 2.24) is 10.1 Å². The number of hydrogen-bond acceptors (Lipinski definition) is 4. The Hall–Kier alpha value is -1.93. The number of likely N-dealkylation sites (tertiary alicyclic amines) is 1. The van der Waals surface area contributed by atoms with Crippen molar-refractivity contribution in [2.75, 3.05) is 18.8 Å². The topological polar surface area (TPSA) is 72.4 Å². The second kappa shape index (κ2) is 7.13. The molecule has 2 N–H and O–H groups in total. The first-order chi connectivity index (χ1) is 11.2. The van der Waals surface area contributed by atoms with Crippen molar-refractivity contribution >= 4 is 35.8 Å². The number of halogens is 5. The molecule has 0 saturated carbocycles. The Morgan fingerprint density at radius 3 is 2.56 bits per heavy atom. The fraction of sp³-hybridized carbons (Fsp3) is 0.333. The molecule has 25 heavy (non-hydrogen) atoms. The van der Waals surface area contributed by atoms with Crippen molar-refractivity contribution in [3.05, 3.63) is 46.1 Å². The number of nitrogens with two attached hydrogens (primary N) is 1. The average molecular weight is 396 g/mol. The van der Waals surface area contributed by atoms with Crippen LogP contribution in [0.3, 0.4) is 0 Å². The average Bonchev–Trinajstić information content (AvgIpc) is 2.85. The highest BCUT2D eigenvalue weighted by atomic mass is 35.5. The molecule has 0 spiro atoms. The maximum Gasteiger partial charge on any atom is 0.417 e. The number of nitrogen functional groups attached to an aromatic ring is 1. The fourth-order valence-electron chi connectivity index (χ4n) is 2.65. The minimum atomic E-state index is -4.54. The highest BCUT2D eigenvalue weighted by Gasteiger charge is 2.35. The molecule has 136 valence electrons. The lowest BCUT2D eigenvalue weighted by Gasteiger charge is -2.39. The summed E-state index contributed by atoms with van der Waals surface area (Å²) in [6.45, 7) is 0.981. The SMILES string of the molecule is Cl.Nc1cc(CC2CN(C(=O)c3ccc(C(F)(F)F)c(Cl)c3)C2)no1. The number of aromatic nitrogens is 1. The van der Waals surface area contributed by atoms with Gasteiger partial charge in [-0.15, -0.1) is 12.4 Å². The maximum atomic E-state index is 12.7. The van der Waals surface area contributed by atoms with Crippen LogP contribution in [0.2, 0.25) is 5.02 Å². The number of hydrogen-bond donors (Lipinski definition) is 1. The molecule has 1 saturated heterocycles. The summed E-state index contributed by atoms with van der Waals surface area (Å²) in [6.07, 6.45) is -3.92. The van der Waals surface area contributed by atoms with Gasteiger partial charge in [0.05, 0.1) is 16.3 Å². The predicted molar refractivity (Wildman–Crippen MR) is 87.7 cm³/mol. The first-order valence-corrected chi connectivity index (χ1v) is 7.49. The summed E-state index contributed by atoms with van der Waals surface area (Å²) in [5.41, 5.74) is 5.33. The normalized spacial score (nSPS) is 14.8. The molecule has 0 aliphatic carbocycles. The number of alkyl halides is 3. The highest BCUT2D eigenvalue weighted by Crippen LogP contribution is 2.35. The largest absolute Gasteiger partial charge is 0.417 e. The summed E-state index contributed by atoms with van der Waals surface area (Å²) < 4.78 is 42.8. The summed E-state index contributed by atoms with van der Waals surface area (Å²) in [7, 11) is 0. The molecular formula is C15H14Cl2F3N3O2. The van der Waals surface area contributed by atoms with Crippen LogP contribution in [0, 0.1) is 5.92 Å². The van der Waals surface area contributed by atoms with Gasteiger partial charge in [-0.2, -0.15) is 13.2 Å². The minimum Gasteiger partial charge on any atom is -0.368 e. The number of carbonyl (C=O) groups excluding carboxylic acids is 1. The van der Waals surface area contributed by atoms with Gasteiger partial charge in [-0.25, -0.2) is 0 Å². The molecule has 0 unspecified atom stereocenters. The number of anilines is 1. The van der Waals surface area contributed by atoms with E-state index in [1.165, 1.54) is 0 Å². The lowest BCUT2D eigenvalue weighted by Crippen LogP contribution is -2.50. The van der Waals surface area contributed by atoms with Crippen LogP contribution >= 0.6 is 24.0 Å². The lowest BCUT2D eigenvalue weighted by molar-refractivity contribution is -0.137. The molecule has 1 aliphatic rings. The van der Waals surface area contributed by atoms with Crippen LogP contribution in [-0.4, -0.2) is 29.1 Å². The summed E-state index contributed by atoms with van der Waals surface area (Å²) in [6, 6.07) is 4.65. The van der Waals surface area contributed by atoms with Gasteiger partial charge in [0.2, 0.25) is 5.88 Å². The van der Waals surface area contributed by atoms with E-state index in [1.807, 2.05) is 0 Å². The van der Waals surface area contributed by atoms with Crippen molar-refractivity contribution in [2.45, 2.75) is 12.6 Å². The molecule has 2 heterocycles. The van der Waals surface area contributed by atoms with E-state index in [2.05, 4.69) is 5.16 Å². The molecule has 3 rings (SSSR count). The van der Waals surface area contributed by atoms with Gasteiger partial charge in [0.1, 0.15) is 0 Å². The number of amides is 1. The standard InChI is InChI=1S/C15H13ClF3N3O2.ClH/c16-12-4-9(1-2-11(12)15(17,18)19)14(23)22-6-8(7-22)3-10-5-13(20)24-21-10;/h1-2,4-5,8H,3,6-7,20H2;1H. The van der Waals surface area contributed by atoms with Crippen molar-refractivity contribution < 1.29 is 22.5 Å². The number of carbonyl (C=O) groups is 1. The highest BCUT2D eigenvalue weighted by molar-refractivity contribution is 6.31. The van der Waals surface area contributed by atoms with Crippen molar-refractivity contribution in [3.63, 3.8) is 0 Å². The third kappa shape index (κ3) is 4.19. The lowest BCUT2D eigenvalue weighted by atomic mass is 9.93. The Bertz CT molecular complexity index is 774. The monoisotopic (exact) mass is 395 g/mol. The van der Waals surface area contributed by atoms with Gasteiger partial charge in [0, 0.05) is 24.7 Å². The Balaban J connectivity index is 0.00000225. The smallest absolute Gasteiger partial charge is 0.368 e. The van der Waals surface area contributed by atoms with Gasteiger partial charge in [-0.3, -0.25) is 4.79 Å². The van der Waals surface area contributed by atoms with Gasteiger partial charge in [-0.05, 0) is 30.5 Å². The summed E-state index contributed by atoms with van der Waals surface area (Å²) in [4.78, 5) is 13.8. The summed E-state index contributed by atoms with van der Waals surface area (Å²) >= 11 is 5.64. The summed E-state index contributed by atoms with van der Waals surface area (Å²) in [5.74, 6) is 0.0987. The Morgan fingerprint density at radius 1 is 1.36 bits per heavy atom. The van der Waals surface area contributed by atoms with Crippen LogP contribution in [0.1, 0.15) is 21.6 Å². The number of rotatable bonds is 3. The molecule has 0 radical (unpaired) electrons. The van der Waals surface area contributed by atoms with Crippen LogP contribution in [0.25, 0.3) is 0 Å². The molecule has 2 aromatic rings. The van der Waals surface area contributed by atoms with E-state index >= 15 is 0 Å². The van der Waals surface area contributed by atoms with Crippen LogP contribution < -0.4 is 5.73 Å². The van der Waals surface area contributed by atoms with Gasteiger partial charge in [0.15, 0.2) is 0 Å². The molecule has 1 fully saturated rings. The zero-order chi connectivity index (χ0) is 17.5. The van der Waals surface area contributed by atoms with E-state index in [0.717, 1.165) is 18.2 Å². The van der Waals surface area contributed by atoms with Crippen LogP contribution in [-0.2, 0) is 12.6 Å². The van der Waals surface area contributed by atoms with Gasteiger partial charge >= 0.3 is 6.18 Å². The van der Waals surface area contributed by atoms with E-state index in [4.69, 9.17) is 21.9 Å². The second-order valence-electron chi connectivity index (χ2n) is 5.69. The van der Waals surface area contributed by atoms with Crippen LogP contribution in [0.4, 0.5) is 19.1 Å². The van der Waals surface area contributed by atoms with Crippen LogP contribution in [0.5, 0.6) is 0 Å². The number of nitrogens with zero attached hydrogens (tertiary/aromatic N) is 2. The van der Waals surface area contributed by atoms with Crippen LogP contribution in [0.15, 0.2) is 28.8 Å². The number of benzene rings is 1. The van der Waals surface area contributed by atoms with E-state index in [1.54, 1.807) is 11.0 Å². The van der Waals surface area contributed by atoms with Crippen molar-refractivity contribution in [2.24, 2.45) is 5.92 Å². The Labute approximate surface area is 152 Å². The maximum absolute atomic E-state index is 12.7. The minimum absolute atomic E-state index is 0. The van der Waals surface area contributed by atoms with E-state index in [0.29, 0.717) is 25.2 Å². The fourth-order valence-corrected chi connectivity index (χ4v) is 2.93. The first-order valence-electron chi connectivity index (χ1n) is 7.11. The second-order valence-corrected chi connectivity index (χ2v) is 6.10. The molecule has 0 bridgehead atoms. The van der Waals surface area contributed by atoms with Gasteiger partial charge in [0.25, 0.3) is 5.91 Å². The molecular weight excluding hydrogens is 382 g/mol. The van der Waals surface area contributed by atoms with E-state index in [9.17, 15) is 18.0 Å². The molecule has 10 heteroatoms. The molecule has 5 nitrogen and oxygen atoms in total.